The van der Waals surface area contributed by atoms with Crippen molar-refractivity contribution >= 4 is 0 Å². The molecule has 1 unspecified atom stereocenters. The quantitative estimate of drug-likeness (QED) is 0.628. The van der Waals surface area contributed by atoms with Crippen molar-refractivity contribution in [1.82, 2.24) is 0 Å². The van der Waals surface area contributed by atoms with Gasteiger partial charge in [-0.05, 0) is 45.6 Å². The molecule has 1 heterocycles. The molecule has 0 radical (unpaired) electrons. The summed E-state index contributed by atoms with van der Waals surface area (Å²) in [6, 6.07) is 0. The lowest BCUT2D eigenvalue weighted by atomic mass is 9.97. The van der Waals surface area contributed by atoms with Crippen molar-refractivity contribution in [2.24, 2.45) is 0 Å². The molecule has 1 rings (SSSR count). The normalized spacial score (nSPS) is 28.2. The van der Waals surface area contributed by atoms with Crippen LogP contribution < -0.4 is 0 Å². The molecule has 0 saturated carbocycles. The molecule has 0 aromatic rings. The minimum atomic E-state index is -0.0514. The Balaban J connectivity index is 2.29. The Hall–Kier alpha value is -0.500. The third kappa shape index (κ3) is 3.81. The Kier molecular flexibility index (Phi) is 3.79. The second-order valence-electron chi connectivity index (χ2n) is 4.26. The second kappa shape index (κ2) is 4.66. The molecule has 0 bridgehead atoms. The molecule has 0 aromatic carbocycles. The molecule has 1 aliphatic heterocycles. The highest BCUT2D eigenvalue weighted by Crippen LogP contribution is 2.24. The van der Waals surface area contributed by atoms with Gasteiger partial charge in [0.25, 0.3) is 0 Å². The molecule has 0 amide bonds. The first-order valence-corrected chi connectivity index (χ1v) is 5.01. The van der Waals surface area contributed by atoms with Gasteiger partial charge in [-0.1, -0.05) is 0 Å². The highest BCUT2D eigenvalue weighted by atomic mass is 16.5. The third-order valence-corrected chi connectivity index (χ3v) is 2.26. The maximum absolute atomic E-state index is 5.69. The molecule has 1 atom stereocenters. The predicted octanol–water partition coefficient (Wildman–Crippen LogP) is 2.89. The summed E-state index contributed by atoms with van der Waals surface area (Å²) in [6.07, 6.45) is 5.37. The zero-order valence-electron chi connectivity index (χ0n) is 8.93. The molecule has 1 fully saturated rings. The Bertz CT molecular complexity index is 175. The molecule has 13 heavy (non-hydrogen) atoms. The van der Waals surface area contributed by atoms with Crippen LogP contribution in [0.3, 0.4) is 0 Å². The summed E-state index contributed by atoms with van der Waals surface area (Å²) in [5.41, 5.74) is 1.14. The monoisotopic (exact) mass is 184 g/mol. The Morgan fingerprint density at radius 3 is 2.77 bits per heavy atom. The van der Waals surface area contributed by atoms with Crippen molar-refractivity contribution in [2.75, 3.05) is 13.2 Å². The molecule has 1 aliphatic rings. The van der Waals surface area contributed by atoms with Gasteiger partial charge < -0.3 is 9.47 Å². The smallest absolute Gasteiger partial charge is 0.116 e. The molecule has 0 aromatic heterocycles. The largest absolute Gasteiger partial charge is 0.498 e. The number of rotatable bonds is 3. The fraction of sp³-hybridized carbons (Fsp3) is 0.818. The highest BCUT2D eigenvalue weighted by Gasteiger charge is 2.28. The van der Waals surface area contributed by atoms with Crippen LogP contribution in [-0.4, -0.2) is 18.8 Å². The van der Waals surface area contributed by atoms with Crippen molar-refractivity contribution in [3.63, 3.8) is 0 Å². The fourth-order valence-corrected chi connectivity index (χ4v) is 1.49. The van der Waals surface area contributed by atoms with Crippen molar-refractivity contribution in [3.8, 4) is 0 Å². The Morgan fingerprint density at radius 1 is 1.46 bits per heavy atom. The van der Waals surface area contributed by atoms with Gasteiger partial charge in [-0.15, -0.1) is 0 Å². The van der Waals surface area contributed by atoms with E-state index in [0.29, 0.717) is 6.61 Å². The molecular formula is C11H20O2. The van der Waals surface area contributed by atoms with Gasteiger partial charge in [-0.25, -0.2) is 0 Å². The van der Waals surface area contributed by atoms with E-state index < -0.39 is 0 Å². The second-order valence-corrected chi connectivity index (χ2v) is 4.26. The first-order valence-electron chi connectivity index (χ1n) is 5.01. The van der Waals surface area contributed by atoms with Crippen LogP contribution in [0.4, 0.5) is 0 Å². The number of ether oxygens (including phenoxy) is 2. The van der Waals surface area contributed by atoms with E-state index in [1.54, 1.807) is 0 Å². The minimum absolute atomic E-state index is 0.0514. The topological polar surface area (TPSA) is 18.5 Å². The lowest BCUT2D eigenvalue weighted by Gasteiger charge is -2.33. The highest BCUT2D eigenvalue weighted by molar-refractivity contribution is 4.88. The van der Waals surface area contributed by atoms with Gasteiger partial charge in [0.1, 0.15) is 6.61 Å². The van der Waals surface area contributed by atoms with Crippen molar-refractivity contribution in [2.45, 2.75) is 45.6 Å². The van der Waals surface area contributed by atoms with E-state index in [0.717, 1.165) is 13.0 Å². The van der Waals surface area contributed by atoms with Gasteiger partial charge in [0.05, 0.1) is 11.9 Å². The van der Waals surface area contributed by atoms with Gasteiger partial charge in [-0.2, -0.15) is 0 Å². The van der Waals surface area contributed by atoms with Gasteiger partial charge in [0.15, 0.2) is 0 Å². The van der Waals surface area contributed by atoms with E-state index >= 15 is 0 Å². The van der Waals surface area contributed by atoms with Crippen LogP contribution in [0.25, 0.3) is 0 Å². The maximum Gasteiger partial charge on any atom is 0.116 e. The van der Waals surface area contributed by atoms with E-state index in [9.17, 15) is 0 Å². The van der Waals surface area contributed by atoms with Crippen LogP contribution in [0.2, 0.25) is 0 Å². The fourth-order valence-electron chi connectivity index (χ4n) is 1.49. The van der Waals surface area contributed by atoms with Gasteiger partial charge in [0.2, 0.25) is 0 Å². The molecule has 0 spiro atoms. The van der Waals surface area contributed by atoms with Crippen molar-refractivity contribution in [1.29, 1.82) is 0 Å². The molecule has 76 valence electrons. The third-order valence-electron chi connectivity index (χ3n) is 2.26. The van der Waals surface area contributed by atoms with E-state index in [1.807, 2.05) is 20.1 Å². The maximum atomic E-state index is 5.69. The zero-order valence-corrected chi connectivity index (χ0v) is 8.93. The standard InChI is InChI=1S/C11H20O2/c1-10(2)8-12-9-11(3)6-4-5-7-13-11/h8H,4-7,9H2,1-3H3. The van der Waals surface area contributed by atoms with Crippen LogP contribution in [-0.2, 0) is 9.47 Å². The van der Waals surface area contributed by atoms with E-state index in [-0.39, 0.29) is 5.60 Å². The summed E-state index contributed by atoms with van der Waals surface area (Å²) in [7, 11) is 0. The summed E-state index contributed by atoms with van der Waals surface area (Å²) in [5, 5.41) is 0. The zero-order chi connectivity index (χ0) is 9.73. The summed E-state index contributed by atoms with van der Waals surface area (Å²) in [5.74, 6) is 0. The van der Waals surface area contributed by atoms with Crippen molar-refractivity contribution < 1.29 is 9.47 Å². The molecule has 0 N–H and O–H groups in total. The summed E-state index contributed by atoms with van der Waals surface area (Å²) in [4.78, 5) is 0. The lowest BCUT2D eigenvalue weighted by molar-refractivity contribution is -0.0970. The number of hydrogen-bond acceptors (Lipinski definition) is 2. The minimum Gasteiger partial charge on any atom is -0.498 e. The van der Waals surface area contributed by atoms with Crippen molar-refractivity contribution in [3.05, 3.63) is 11.8 Å². The molecular weight excluding hydrogens is 164 g/mol. The lowest BCUT2D eigenvalue weighted by Crippen LogP contribution is -2.37. The first-order chi connectivity index (χ1) is 6.12. The van der Waals surface area contributed by atoms with Crippen LogP contribution in [0.1, 0.15) is 40.0 Å². The Morgan fingerprint density at radius 2 is 2.23 bits per heavy atom. The first kappa shape index (κ1) is 10.6. The van der Waals surface area contributed by atoms with Crippen LogP contribution in [0, 0.1) is 0 Å². The molecule has 2 nitrogen and oxygen atoms in total. The van der Waals surface area contributed by atoms with E-state index in [4.69, 9.17) is 9.47 Å². The van der Waals surface area contributed by atoms with E-state index in [1.165, 1.54) is 18.4 Å². The average Bonchev–Trinajstić information content (AvgIpc) is 2.04. The van der Waals surface area contributed by atoms with Crippen LogP contribution >= 0.6 is 0 Å². The SMILES string of the molecule is CC(C)=COCC1(C)CCCCO1. The molecule has 0 aliphatic carbocycles. The van der Waals surface area contributed by atoms with Crippen LogP contribution in [0.15, 0.2) is 11.8 Å². The molecule has 2 heteroatoms. The summed E-state index contributed by atoms with van der Waals surface area (Å²) >= 11 is 0. The summed E-state index contributed by atoms with van der Waals surface area (Å²) in [6.45, 7) is 7.76. The van der Waals surface area contributed by atoms with E-state index in [2.05, 4.69) is 6.92 Å². The summed E-state index contributed by atoms with van der Waals surface area (Å²) < 4.78 is 11.1. The van der Waals surface area contributed by atoms with Gasteiger partial charge >= 0.3 is 0 Å². The predicted molar refractivity (Wildman–Crippen MR) is 53.6 cm³/mol. The van der Waals surface area contributed by atoms with Gasteiger partial charge in [-0.3, -0.25) is 0 Å². The van der Waals surface area contributed by atoms with Crippen LogP contribution in [0.5, 0.6) is 0 Å². The molecule has 1 saturated heterocycles. The van der Waals surface area contributed by atoms with Gasteiger partial charge in [0, 0.05) is 6.61 Å². The number of allylic oxidation sites excluding steroid dienone is 1. The Labute approximate surface area is 80.9 Å². The average molecular weight is 184 g/mol. The number of hydrogen-bond donors (Lipinski definition) is 0.